The van der Waals surface area contributed by atoms with Gasteiger partial charge in [0, 0.05) is 19.3 Å². The molecule has 0 aliphatic rings. The maximum atomic E-state index is 12.8. The largest absolute Gasteiger partial charge is 0.462 e. The molecule has 0 aromatic heterocycles. The van der Waals surface area contributed by atoms with E-state index < -0.39 is 6.10 Å². The van der Waals surface area contributed by atoms with Gasteiger partial charge in [0.15, 0.2) is 6.10 Å². The van der Waals surface area contributed by atoms with Crippen LogP contribution in [-0.2, 0) is 28.6 Å². The Kier molecular flexibility index (Phi) is 48.9. The summed E-state index contributed by atoms with van der Waals surface area (Å²) in [5, 5.41) is 0. The number of ether oxygens (including phenoxy) is 3. The number of esters is 3. The SMILES string of the molecule is CCC\C=C/C=C\C=C/C=C\C=C/CCCCCCCC(=O)OCC(COC(=O)CCCCCCCCCCC)OC(=O)CCCCCCC/C=C\CCCCCCCCCCC. The number of hydrogen-bond donors (Lipinski definition) is 0. The molecule has 6 heteroatoms. The van der Waals surface area contributed by atoms with Crippen LogP contribution in [0, 0.1) is 0 Å². The van der Waals surface area contributed by atoms with Crippen molar-refractivity contribution in [2.75, 3.05) is 13.2 Å². The summed E-state index contributed by atoms with van der Waals surface area (Å²) in [6.45, 7) is 6.51. The molecule has 1 unspecified atom stereocenters. The average Bonchev–Trinajstić information content (AvgIpc) is 3.28. The zero-order valence-corrected chi connectivity index (χ0v) is 41.3. The van der Waals surface area contributed by atoms with E-state index in [1.807, 2.05) is 24.3 Å². The standard InChI is InChI=1S/C57H98O6/c1-4-7-10-13-16-19-21-23-25-27-29-31-33-35-38-41-44-47-50-56(59)62-53-54(52-61-55(58)49-46-43-40-37-18-15-12-9-6-3)63-57(60)51-48-45-42-39-36-34-32-30-28-26-24-22-20-17-14-11-8-5-2/h10,13,16,19,21,23,25,27,29-32,54H,4-9,11-12,14-15,17-18,20,22,24,26,28,33-53H2,1-3H3/b13-10-,19-16-,23-21-,27-25-,31-29-,32-30-. The summed E-state index contributed by atoms with van der Waals surface area (Å²) in [5.41, 5.74) is 0. The van der Waals surface area contributed by atoms with E-state index >= 15 is 0 Å². The number of hydrogen-bond acceptors (Lipinski definition) is 6. The highest BCUT2D eigenvalue weighted by Crippen LogP contribution is 2.15. The van der Waals surface area contributed by atoms with E-state index in [0.717, 1.165) is 96.3 Å². The third kappa shape index (κ3) is 49.7. The fraction of sp³-hybridized carbons (Fsp3) is 0.737. The number of unbranched alkanes of at least 4 members (excludes halogenated alkanes) is 28. The van der Waals surface area contributed by atoms with Gasteiger partial charge in [0.05, 0.1) is 0 Å². The van der Waals surface area contributed by atoms with Gasteiger partial charge in [0.2, 0.25) is 0 Å². The summed E-state index contributed by atoms with van der Waals surface area (Å²) in [6.07, 6.45) is 64.6. The zero-order valence-electron chi connectivity index (χ0n) is 41.3. The van der Waals surface area contributed by atoms with Crippen LogP contribution in [0.15, 0.2) is 72.9 Å². The molecule has 362 valence electrons. The van der Waals surface area contributed by atoms with E-state index in [1.165, 1.54) is 116 Å². The van der Waals surface area contributed by atoms with Gasteiger partial charge < -0.3 is 14.2 Å². The van der Waals surface area contributed by atoms with Gasteiger partial charge in [-0.2, -0.15) is 0 Å². The lowest BCUT2D eigenvalue weighted by molar-refractivity contribution is -0.167. The lowest BCUT2D eigenvalue weighted by atomic mass is 10.1. The predicted molar refractivity (Wildman–Crippen MR) is 270 cm³/mol. The van der Waals surface area contributed by atoms with Gasteiger partial charge in [0.25, 0.3) is 0 Å². The Morgan fingerprint density at radius 2 is 0.619 bits per heavy atom. The Hall–Kier alpha value is -3.15. The van der Waals surface area contributed by atoms with E-state index in [1.54, 1.807) is 0 Å². The van der Waals surface area contributed by atoms with Crippen LogP contribution in [-0.4, -0.2) is 37.2 Å². The van der Waals surface area contributed by atoms with Crippen LogP contribution in [0.2, 0.25) is 0 Å². The molecule has 1 atom stereocenters. The van der Waals surface area contributed by atoms with E-state index in [9.17, 15) is 14.4 Å². The lowest BCUT2D eigenvalue weighted by Gasteiger charge is -2.18. The van der Waals surface area contributed by atoms with Gasteiger partial charge in [-0.25, -0.2) is 0 Å². The van der Waals surface area contributed by atoms with Crippen LogP contribution in [0.1, 0.15) is 252 Å². The minimum atomic E-state index is -0.788. The van der Waals surface area contributed by atoms with Gasteiger partial charge in [-0.15, -0.1) is 0 Å². The first-order valence-electron chi connectivity index (χ1n) is 26.5. The highest BCUT2D eigenvalue weighted by molar-refractivity contribution is 5.71. The smallest absolute Gasteiger partial charge is 0.306 e. The second kappa shape index (κ2) is 51.5. The molecule has 0 aliphatic heterocycles. The number of carbonyl (C=O) groups is 3. The van der Waals surface area contributed by atoms with Crippen molar-refractivity contribution in [2.45, 2.75) is 258 Å². The summed E-state index contributed by atoms with van der Waals surface area (Å²) < 4.78 is 16.8. The second-order valence-electron chi connectivity index (χ2n) is 17.6. The average molecular weight is 879 g/mol. The number of rotatable bonds is 47. The van der Waals surface area contributed by atoms with Gasteiger partial charge >= 0.3 is 17.9 Å². The van der Waals surface area contributed by atoms with Gasteiger partial charge in [-0.05, 0) is 64.2 Å². The van der Waals surface area contributed by atoms with Crippen molar-refractivity contribution in [2.24, 2.45) is 0 Å². The summed E-state index contributed by atoms with van der Waals surface area (Å²) >= 11 is 0. The number of carbonyl (C=O) groups excluding carboxylic acids is 3. The normalized spacial score (nSPS) is 12.6. The molecule has 0 aromatic carbocycles. The first-order valence-corrected chi connectivity index (χ1v) is 26.5. The van der Waals surface area contributed by atoms with Crippen molar-refractivity contribution in [1.82, 2.24) is 0 Å². The molecule has 0 saturated carbocycles. The first-order chi connectivity index (χ1) is 31.0. The van der Waals surface area contributed by atoms with Crippen LogP contribution in [0.25, 0.3) is 0 Å². The summed E-state index contributed by atoms with van der Waals surface area (Å²) in [7, 11) is 0. The van der Waals surface area contributed by atoms with Crippen LogP contribution < -0.4 is 0 Å². The van der Waals surface area contributed by atoms with Crippen LogP contribution in [0.5, 0.6) is 0 Å². The van der Waals surface area contributed by atoms with Crippen molar-refractivity contribution in [3.8, 4) is 0 Å². The molecular weight excluding hydrogens is 781 g/mol. The molecule has 6 nitrogen and oxygen atoms in total. The summed E-state index contributed by atoms with van der Waals surface area (Å²) in [6, 6.07) is 0. The van der Waals surface area contributed by atoms with Crippen LogP contribution >= 0.6 is 0 Å². The van der Waals surface area contributed by atoms with Crippen molar-refractivity contribution in [1.29, 1.82) is 0 Å². The zero-order chi connectivity index (χ0) is 45.8. The molecule has 0 spiro atoms. The Labute approximate surface area is 389 Å². The highest BCUT2D eigenvalue weighted by Gasteiger charge is 2.19. The molecule has 0 rings (SSSR count). The molecule has 0 N–H and O–H groups in total. The monoisotopic (exact) mass is 879 g/mol. The molecular formula is C57H98O6. The van der Waals surface area contributed by atoms with E-state index in [2.05, 4.69) is 69.4 Å². The van der Waals surface area contributed by atoms with Gasteiger partial charge in [-0.1, -0.05) is 241 Å². The Morgan fingerprint density at radius 3 is 1.00 bits per heavy atom. The van der Waals surface area contributed by atoms with Crippen molar-refractivity contribution < 1.29 is 28.6 Å². The fourth-order valence-electron chi connectivity index (χ4n) is 7.29. The molecule has 0 heterocycles. The number of allylic oxidation sites excluding steroid dienone is 12. The second-order valence-corrected chi connectivity index (χ2v) is 17.6. The van der Waals surface area contributed by atoms with E-state index in [0.29, 0.717) is 19.3 Å². The Morgan fingerprint density at radius 1 is 0.317 bits per heavy atom. The minimum Gasteiger partial charge on any atom is -0.462 e. The lowest BCUT2D eigenvalue weighted by Crippen LogP contribution is -2.30. The highest BCUT2D eigenvalue weighted by atomic mass is 16.6. The maximum absolute atomic E-state index is 12.8. The molecule has 0 fully saturated rings. The summed E-state index contributed by atoms with van der Waals surface area (Å²) in [4.78, 5) is 37.9. The van der Waals surface area contributed by atoms with Crippen molar-refractivity contribution in [3.05, 3.63) is 72.9 Å². The predicted octanol–water partition coefficient (Wildman–Crippen LogP) is 17.4. The molecule has 0 radical (unpaired) electrons. The van der Waals surface area contributed by atoms with E-state index in [-0.39, 0.29) is 31.1 Å². The van der Waals surface area contributed by atoms with Crippen LogP contribution in [0.4, 0.5) is 0 Å². The van der Waals surface area contributed by atoms with Crippen molar-refractivity contribution >= 4 is 17.9 Å². The third-order valence-electron chi connectivity index (χ3n) is 11.3. The third-order valence-corrected chi connectivity index (χ3v) is 11.3. The molecule has 63 heavy (non-hydrogen) atoms. The quantitative estimate of drug-likeness (QED) is 0.0199. The molecule has 0 aliphatic carbocycles. The van der Waals surface area contributed by atoms with Gasteiger partial charge in [0.1, 0.15) is 13.2 Å². The first kappa shape index (κ1) is 59.9. The Balaban J connectivity index is 4.38. The fourth-order valence-corrected chi connectivity index (χ4v) is 7.29. The minimum absolute atomic E-state index is 0.0861. The maximum Gasteiger partial charge on any atom is 0.306 e. The molecule has 0 saturated heterocycles. The molecule has 0 amide bonds. The van der Waals surface area contributed by atoms with Gasteiger partial charge in [-0.3, -0.25) is 14.4 Å². The van der Waals surface area contributed by atoms with Crippen LogP contribution in [0.3, 0.4) is 0 Å². The van der Waals surface area contributed by atoms with E-state index in [4.69, 9.17) is 14.2 Å². The molecule has 0 aromatic rings. The molecule has 0 bridgehead atoms. The van der Waals surface area contributed by atoms with Crippen molar-refractivity contribution in [3.63, 3.8) is 0 Å². The summed E-state index contributed by atoms with van der Waals surface area (Å²) in [5.74, 6) is -0.920. The Bertz CT molecular complexity index is 1190. The topological polar surface area (TPSA) is 78.9 Å².